The number of aliphatic imine (C=N–C) groups is 2. The summed E-state index contributed by atoms with van der Waals surface area (Å²) in [4.78, 5) is 12.2. The molecule has 0 aliphatic rings. The number of nitrogens with zero attached hydrogens (tertiary/aromatic N) is 2. The first-order valence-corrected chi connectivity index (χ1v) is 22.0. The molecule has 0 aliphatic heterocycles. The zero-order valence-electron chi connectivity index (χ0n) is 36.8. The molecule has 1 heterocycles. The lowest BCUT2D eigenvalue weighted by Gasteiger charge is -2.14. The summed E-state index contributed by atoms with van der Waals surface area (Å²) >= 11 is 1.60. The molecule has 1 aromatic heterocycles. The van der Waals surface area contributed by atoms with Gasteiger partial charge in [-0.15, -0.1) is 11.3 Å². The van der Waals surface area contributed by atoms with Crippen LogP contribution in [0.3, 0.4) is 0 Å². The van der Waals surface area contributed by atoms with Gasteiger partial charge in [0.1, 0.15) is 0 Å². The Morgan fingerprint density at radius 3 is 1.57 bits per heavy atom. The zero-order valence-corrected chi connectivity index (χ0v) is 37.7. The molecule has 2 nitrogen and oxygen atoms in total. The Morgan fingerprint density at radius 2 is 1.08 bits per heavy atom. The molecule has 0 N–H and O–H groups in total. The molecule has 3 heteroatoms. The smallest absolute Gasteiger partial charge is 0.170 e. The molecule has 306 valence electrons. The summed E-state index contributed by atoms with van der Waals surface area (Å²) in [6.45, 7) is 27.3. The van der Waals surface area contributed by atoms with Crippen LogP contribution in [-0.2, 0) is 0 Å². The third kappa shape index (κ3) is 12.7. The molecule has 0 saturated carbocycles. The molecular weight excluding hydrogens is 745 g/mol. The van der Waals surface area contributed by atoms with Crippen LogP contribution in [0.4, 0.5) is 0 Å². The van der Waals surface area contributed by atoms with E-state index >= 15 is 0 Å². The lowest BCUT2D eigenvalue weighted by Crippen LogP contribution is -2.04. The van der Waals surface area contributed by atoms with E-state index in [9.17, 15) is 0 Å². The van der Waals surface area contributed by atoms with E-state index in [0.29, 0.717) is 11.5 Å². The average Bonchev–Trinajstić information content (AvgIpc) is 3.75. The maximum atomic E-state index is 5.16. The summed E-state index contributed by atoms with van der Waals surface area (Å²) < 4.78 is 0. The van der Waals surface area contributed by atoms with Crippen LogP contribution in [0.25, 0.3) is 51.1 Å². The van der Waals surface area contributed by atoms with Crippen molar-refractivity contribution in [3.05, 3.63) is 209 Å². The van der Waals surface area contributed by atoms with Crippen molar-refractivity contribution in [3.63, 3.8) is 0 Å². The van der Waals surface area contributed by atoms with Crippen molar-refractivity contribution in [2.75, 3.05) is 0 Å². The number of allylic oxidation sites excluding steroid dienone is 3. The van der Waals surface area contributed by atoms with E-state index in [1.165, 1.54) is 47.9 Å². The van der Waals surface area contributed by atoms with Crippen molar-refractivity contribution in [2.24, 2.45) is 9.98 Å². The van der Waals surface area contributed by atoms with Crippen molar-refractivity contribution in [2.45, 2.75) is 74.1 Å². The van der Waals surface area contributed by atoms with Gasteiger partial charge in [-0.2, -0.15) is 0 Å². The Morgan fingerprint density at radius 1 is 0.550 bits per heavy atom. The monoisotopic (exact) mass is 806 g/mol. The molecule has 6 rings (SSSR count). The largest absolute Gasteiger partial charge is 0.232 e. The Labute approximate surface area is 365 Å². The Kier molecular flexibility index (Phi) is 19.1. The van der Waals surface area contributed by atoms with Gasteiger partial charge < -0.3 is 0 Å². The third-order valence-electron chi connectivity index (χ3n) is 10.0. The summed E-state index contributed by atoms with van der Waals surface area (Å²) in [6.07, 6.45) is 13.2. The number of thiophene rings is 1. The normalized spacial score (nSPS) is 11.8. The molecule has 0 spiro atoms. The first-order chi connectivity index (χ1) is 29.3. The summed E-state index contributed by atoms with van der Waals surface area (Å²) in [7, 11) is 0. The van der Waals surface area contributed by atoms with Gasteiger partial charge in [0.05, 0.1) is 10.6 Å². The van der Waals surface area contributed by atoms with Crippen LogP contribution >= 0.6 is 11.3 Å². The van der Waals surface area contributed by atoms with Gasteiger partial charge in [-0.1, -0.05) is 225 Å². The summed E-state index contributed by atoms with van der Waals surface area (Å²) in [6, 6.07) is 48.9. The lowest BCUT2D eigenvalue weighted by molar-refractivity contribution is 0.886. The highest BCUT2D eigenvalue weighted by atomic mass is 32.1. The fraction of sp³-hybridized carbons (Fsp3) is 0.193. The molecule has 60 heavy (non-hydrogen) atoms. The highest BCUT2D eigenvalue weighted by Gasteiger charge is 2.16. The second-order valence-corrected chi connectivity index (χ2v) is 15.3. The van der Waals surface area contributed by atoms with Crippen molar-refractivity contribution in [1.82, 2.24) is 0 Å². The van der Waals surface area contributed by atoms with Crippen molar-refractivity contribution in [1.29, 1.82) is 0 Å². The first kappa shape index (κ1) is 46.5. The van der Waals surface area contributed by atoms with E-state index in [1.54, 1.807) is 11.3 Å². The average molecular weight is 807 g/mol. The van der Waals surface area contributed by atoms with E-state index < -0.39 is 0 Å². The minimum absolute atomic E-state index is 0.597. The SMILES string of the molecule is C=Cc1cc(C(N=C(C)c2ccc(-c3ccc(-c4ccccc4)c(-c4ccccc4)c3)cc2)=NC(=C)C(=C/C)/C(=C\C)c2ccccc2)sc1C=C.CCCC.CCCC. The number of rotatable bonds is 13. The van der Waals surface area contributed by atoms with Gasteiger partial charge in [0, 0.05) is 16.2 Å². The maximum absolute atomic E-state index is 5.16. The van der Waals surface area contributed by atoms with Crippen molar-refractivity contribution >= 4 is 40.6 Å². The zero-order chi connectivity index (χ0) is 43.3. The predicted molar refractivity (Wildman–Crippen MR) is 270 cm³/mol. The summed E-state index contributed by atoms with van der Waals surface area (Å²) in [5.74, 6) is 0.597. The van der Waals surface area contributed by atoms with Crippen LogP contribution in [0, 0.1) is 0 Å². The minimum Gasteiger partial charge on any atom is -0.232 e. The van der Waals surface area contributed by atoms with Gasteiger partial charge in [0.25, 0.3) is 0 Å². The molecule has 0 aliphatic carbocycles. The lowest BCUT2D eigenvalue weighted by atomic mass is 9.91. The highest BCUT2D eigenvalue weighted by molar-refractivity contribution is 7.15. The summed E-state index contributed by atoms with van der Waals surface area (Å²) in [5, 5.41) is 0. The van der Waals surface area contributed by atoms with Gasteiger partial charge in [0.2, 0.25) is 0 Å². The van der Waals surface area contributed by atoms with E-state index in [4.69, 9.17) is 9.98 Å². The minimum atomic E-state index is 0.597. The molecule has 5 aromatic carbocycles. The van der Waals surface area contributed by atoms with E-state index in [0.717, 1.165) is 54.4 Å². The fourth-order valence-corrected chi connectivity index (χ4v) is 7.27. The number of benzene rings is 5. The summed E-state index contributed by atoms with van der Waals surface area (Å²) in [5.41, 5.74) is 13.8. The quantitative estimate of drug-likeness (QED) is 0.0631. The molecule has 6 aromatic rings. The fourth-order valence-electron chi connectivity index (χ4n) is 6.32. The van der Waals surface area contributed by atoms with Gasteiger partial charge in [-0.05, 0) is 88.5 Å². The van der Waals surface area contributed by atoms with Crippen LogP contribution < -0.4 is 0 Å². The first-order valence-electron chi connectivity index (χ1n) is 21.2. The van der Waals surface area contributed by atoms with Crippen molar-refractivity contribution < 1.29 is 0 Å². The highest BCUT2D eigenvalue weighted by Crippen LogP contribution is 2.36. The van der Waals surface area contributed by atoms with E-state index in [-0.39, 0.29) is 0 Å². The molecule has 0 saturated heterocycles. The molecule has 0 atom stereocenters. The van der Waals surface area contributed by atoms with Crippen LogP contribution in [0.1, 0.15) is 101 Å². The third-order valence-corrected chi connectivity index (χ3v) is 11.2. The number of unbranched alkanes of at least 4 members (excludes halogenated alkanes) is 2. The molecular formula is C57H62N2S. The maximum Gasteiger partial charge on any atom is 0.170 e. The molecule has 0 fully saturated rings. The standard InChI is InChI=1S/C49H42N2S.2C4H10/c1-7-36-33-48(52-47(36)10-4)49(51-35(6)43(8-2)44(9-3)39-20-14-11-15-21-39)50-34(5)37-26-28-38(29-27-37)42-30-31-45(40-22-16-12-17-23-40)46(32-42)41-24-18-13-19-25-41;2*1-3-4-2/h7-33H,1,4,6H2,2-3,5H3;2*3-4H2,1-2H3/b43-8-,44-9-,50-34?,51-49?;;. The van der Waals surface area contributed by atoms with Crippen LogP contribution in [0.15, 0.2) is 193 Å². The number of amidine groups is 1. The van der Waals surface area contributed by atoms with Crippen LogP contribution in [0.5, 0.6) is 0 Å². The Balaban J connectivity index is 0.000000911. The Bertz CT molecular complexity index is 2370. The van der Waals surface area contributed by atoms with Gasteiger partial charge in [-0.3, -0.25) is 0 Å². The Hall–Kier alpha value is -6.16. The second-order valence-electron chi connectivity index (χ2n) is 14.3. The van der Waals surface area contributed by atoms with Gasteiger partial charge in [0.15, 0.2) is 5.84 Å². The number of hydrogen-bond acceptors (Lipinski definition) is 2. The van der Waals surface area contributed by atoms with E-state index in [2.05, 4.69) is 181 Å². The molecule has 0 unspecified atom stereocenters. The predicted octanol–water partition coefficient (Wildman–Crippen LogP) is 17.5. The van der Waals surface area contributed by atoms with Gasteiger partial charge >= 0.3 is 0 Å². The number of hydrogen-bond donors (Lipinski definition) is 0. The molecule has 0 amide bonds. The van der Waals surface area contributed by atoms with Crippen LogP contribution in [0.2, 0.25) is 0 Å². The van der Waals surface area contributed by atoms with Crippen LogP contribution in [-0.4, -0.2) is 11.5 Å². The second kappa shape index (κ2) is 24.7. The van der Waals surface area contributed by atoms with Crippen molar-refractivity contribution in [3.8, 4) is 33.4 Å². The van der Waals surface area contributed by atoms with Gasteiger partial charge in [-0.25, -0.2) is 9.98 Å². The molecule has 0 bridgehead atoms. The topological polar surface area (TPSA) is 24.7 Å². The molecule has 0 radical (unpaired) electrons. The van der Waals surface area contributed by atoms with E-state index in [1.807, 2.05) is 51.1 Å².